The zero-order valence-electron chi connectivity index (χ0n) is 12.9. The van der Waals surface area contributed by atoms with Crippen LogP contribution in [-0.2, 0) is 4.79 Å². The Morgan fingerprint density at radius 3 is 2.52 bits per heavy atom. The molecule has 3 amide bonds. The third kappa shape index (κ3) is 5.10. The van der Waals surface area contributed by atoms with Crippen molar-refractivity contribution in [2.45, 2.75) is 18.7 Å². The first-order valence-corrected chi connectivity index (χ1v) is 7.99. The van der Waals surface area contributed by atoms with Crippen LogP contribution in [0.2, 0.25) is 0 Å². The number of para-hydroxylation sites is 1. The Kier molecular flexibility index (Phi) is 5.76. The molecule has 0 radical (unpaired) electrons. The maximum absolute atomic E-state index is 13.4. The number of carbonyl (C=O) groups excluding carboxylic acids is 2. The summed E-state index contributed by atoms with van der Waals surface area (Å²) in [6, 6.07) is 10.9. The smallest absolute Gasteiger partial charge is 0.305 e. The topological polar surface area (TPSA) is 58.2 Å². The lowest BCUT2D eigenvalue weighted by molar-refractivity contribution is -0.117. The fraction of sp³-hybridized carbons (Fsp3) is 0.176. The Balaban J connectivity index is 1.83. The van der Waals surface area contributed by atoms with Crippen LogP contribution in [-0.4, -0.2) is 17.7 Å². The third-order valence-corrected chi connectivity index (χ3v) is 4.22. The second-order valence-electron chi connectivity index (χ2n) is 5.02. The van der Waals surface area contributed by atoms with E-state index in [1.165, 1.54) is 35.5 Å². The Bertz CT molecular complexity index is 734. The number of amides is 3. The third-order valence-electron chi connectivity index (χ3n) is 3.22. The van der Waals surface area contributed by atoms with E-state index in [0.717, 1.165) is 10.5 Å². The highest BCUT2D eigenvalue weighted by molar-refractivity contribution is 8.00. The number of carbonyl (C=O) groups is 2. The fourth-order valence-corrected chi connectivity index (χ4v) is 2.63. The molecule has 0 aliphatic carbocycles. The molecule has 0 aromatic heterocycles. The largest absolute Gasteiger partial charge is 0.325 e. The molecule has 0 atom stereocenters. The number of halogens is 1. The lowest BCUT2D eigenvalue weighted by Crippen LogP contribution is -2.35. The normalized spacial score (nSPS) is 10.2. The summed E-state index contributed by atoms with van der Waals surface area (Å²) in [5.41, 5.74) is 2.36. The lowest BCUT2D eigenvalue weighted by Gasteiger charge is -2.08. The molecular weight excluding hydrogens is 315 g/mol. The van der Waals surface area contributed by atoms with Gasteiger partial charge >= 0.3 is 6.03 Å². The van der Waals surface area contributed by atoms with Crippen LogP contribution in [0.1, 0.15) is 11.1 Å². The first-order valence-electron chi connectivity index (χ1n) is 7.01. The Hall–Kier alpha value is -2.34. The van der Waals surface area contributed by atoms with Crippen molar-refractivity contribution in [1.82, 2.24) is 5.32 Å². The zero-order valence-corrected chi connectivity index (χ0v) is 13.7. The van der Waals surface area contributed by atoms with Crippen LogP contribution in [0.25, 0.3) is 0 Å². The molecule has 0 bridgehead atoms. The Labute approximate surface area is 138 Å². The van der Waals surface area contributed by atoms with Crippen LogP contribution in [0.3, 0.4) is 0 Å². The monoisotopic (exact) mass is 332 g/mol. The number of rotatable bonds is 4. The van der Waals surface area contributed by atoms with Gasteiger partial charge in [-0.2, -0.15) is 0 Å². The van der Waals surface area contributed by atoms with E-state index in [1.54, 1.807) is 6.07 Å². The summed E-state index contributed by atoms with van der Waals surface area (Å²) in [6.45, 7) is 4.02. The van der Waals surface area contributed by atoms with E-state index >= 15 is 0 Å². The van der Waals surface area contributed by atoms with E-state index in [1.807, 2.05) is 32.0 Å². The molecule has 0 aliphatic rings. The van der Waals surface area contributed by atoms with Crippen molar-refractivity contribution in [3.05, 3.63) is 59.4 Å². The van der Waals surface area contributed by atoms with Crippen LogP contribution < -0.4 is 10.6 Å². The van der Waals surface area contributed by atoms with Gasteiger partial charge in [-0.25, -0.2) is 9.18 Å². The maximum Gasteiger partial charge on any atom is 0.325 e. The van der Waals surface area contributed by atoms with E-state index in [9.17, 15) is 14.0 Å². The van der Waals surface area contributed by atoms with Gasteiger partial charge < -0.3 is 5.32 Å². The van der Waals surface area contributed by atoms with Crippen LogP contribution in [0, 0.1) is 19.7 Å². The molecule has 0 unspecified atom stereocenters. The van der Waals surface area contributed by atoms with E-state index in [0.29, 0.717) is 0 Å². The number of nitrogens with one attached hydrogen (secondary N) is 2. The second-order valence-corrected chi connectivity index (χ2v) is 6.07. The number of aryl methyl sites for hydroxylation is 2. The number of benzene rings is 2. The predicted octanol–water partition coefficient (Wildman–Crippen LogP) is 3.88. The van der Waals surface area contributed by atoms with Crippen molar-refractivity contribution in [3.8, 4) is 0 Å². The minimum absolute atomic E-state index is 0.0274. The van der Waals surface area contributed by atoms with E-state index in [2.05, 4.69) is 10.6 Å². The van der Waals surface area contributed by atoms with Crippen molar-refractivity contribution in [1.29, 1.82) is 0 Å². The zero-order chi connectivity index (χ0) is 16.8. The highest BCUT2D eigenvalue weighted by atomic mass is 32.2. The minimum atomic E-state index is -0.749. The average Bonchev–Trinajstić information content (AvgIpc) is 2.51. The lowest BCUT2D eigenvalue weighted by atomic mass is 10.1. The summed E-state index contributed by atoms with van der Waals surface area (Å²) in [5.74, 6) is -0.894. The standard InChI is InChI=1S/C17H17FN2O2S/c1-11-7-8-13(9-12(11)2)23-10-16(21)20-17(22)19-15-6-4-3-5-14(15)18/h3-9H,10H2,1-2H3,(H2,19,20,21,22). The first-order chi connectivity index (χ1) is 11.0. The van der Waals surface area contributed by atoms with Gasteiger partial charge in [0.15, 0.2) is 0 Å². The quantitative estimate of drug-likeness (QED) is 0.835. The number of urea groups is 1. The van der Waals surface area contributed by atoms with Gasteiger partial charge in [0.2, 0.25) is 5.91 Å². The molecule has 0 saturated heterocycles. The molecule has 0 spiro atoms. The number of hydrogen-bond donors (Lipinski definition) is 2. The summed E-state index contributed by atoms with van der Waals surface area (Å²) in [4.78, 5) is 24.4. The van der Waals surface area contributed by atoms with Crippen LogP contribution in [0.15, 0.2) is 47.4 Å². The molecule has 4 nitrogen and oxygen atoms in total. The summed E-state index contributed by atoms with van der Waals surface area (Å²) >= 11 is 1.34. The van der Waals surface area contributed by atoms with Gasteiger partial charge in [-0.15, -0.1) is 11.8 Å². The molecular formula is C17H17FN2O2S. The van der Waals surface area contributed by atoms with Crippen molar-refractivity contribution in [2.24, 2.45) is 0 Å². The van der Waals surface area contributed by atoms with E-state index < -0.39 is 17.8 Å². The number of imide groups is 1. The molecule has 2 aromatic rings. The van der Waals surface area contributed by atoms with Crippen molar-refractivity contribution >= 4 is 29.4 Å². The number of hydrogen-bond acceptors (Lipinski definition) is 3. The van der Waals surface area contributed by atoms with Gasteiger partial charge in [0, 0.05) is 4.90 Å². The molecule has 120 valence electrons. The van der Waals surface area contributed by atoms with Gasteiger partial charge in [0.1, 0.15) is 5.82 Å². The summed E-state index contributed by atoms with van der Waals surface area (Å²) in [5, 5.41) is 4.48. The minimum Gasteiger partial charge on any atom is -0.305 e. The first kappa shape index (κ1) is 17.0. The highest BCUT2D eigenvalue weighted by Crippen LogP contribution is 2.20. The van der Waals surface area contributed by atoms with Crippen LogP contribution in [0.5, 0.6) is 0 Å². The Morgan fingerprint density at radius 2 is 1.83 bits per heavy atom. The molecule has 0 heterocycles. The maximum atomic E-state index is 13.4. The SMILES string of the molecule is Cc1ccc(SCC(=O)NC(=O)Nc2ccccc2F)cc1C. The molecule has 0 fully saturated rings. The summed E-state index contributed by atoms with van der Waals surface area (Å²) < 4.78 is 13.4. The predicted molar refractivity (Wildman–Crippen MR) is 90.2 cm³/mol. The van der Waals surface area contributed by atoms with Gasteiger partial charge in [0.05, 0.1) is 11.4 Å². The average molecular weight is 332 g/mol. The van der Waals surface area contributed by atoms with Crippen LogP contribution >= 0.6 is 11.8 Å². The molecule has 2 rings (SSSR count). The molecule has 0 saturated carbocycles. The van der Waals surface area contributed by atoms with Crippen LogP contribution in [0.4, 0.5) is 14.9 Å². The second kappa shape index (κ2) is 7.78. The van der Waals surface area contributed by atoms with Gasteiger partial charge in [-0.1, -0.05) is 18.2 Å². The summed E-state index contributed by atoms with van der Waals surface area (Å²) in [7, 11) is 0. The fourth-order valence-electron chi connectivity index (χ4n) is 1.83. The Morgan fingerprint density at radius 1 is 1.09 bits per heavy atom. The van der Waals surface area contributed by atoms with Gasteiger partial charge in [-0.3, -0.25) is 10.1 Å². The van der Waals surface area contributed by atoms with Crippen molar-refractivity contribution in [2.75, 3.05) is 11.1 Å². The van der Waals surface area contributed by atoms with E-state index in [-0.39, 0.29) is 11.4 Å². The molecule has 2 N–H and O–H groups in total. The van der Waals surface area contributed by atoms with Gasteiger partial charge in [0.25, 0.3) is 0 Å². The van der Waals surface area contributed by atoms with Crippen molar-refractivity contribution < 1.29 is 14.0 Å². The van der Waals surface area contributed by atoms with Crippen molar-refractivity contribution in [3.63, 3.8) is 0 Å². The van der Waals surface area contributed by atoms with Gasteiger partial charge in [-0.05, 0) is 49.2 Å². The highest BCUT2D eigenvalue weighted by Gasteiger charge is 2.10. The molecule has 6 heteroatoms. The van der Waals surface area contributed by atoms with E-state index in [4.69, 9.17) is 0 Å². The molecule has 0 aliphatic heterocycles. The molecule has 2 aromatic carbocycles. The number of anilines is 1. The molecule has 23 heavy (non-hydrogen) atoms. The summed E-state index contributed by atoms with van der Waals surface area (Å²) in [6.07, 6.45) is 0. The number of thioether (sulfide) groups is 1.